The SMILES string of the molecule is Fc1ccc(N2C(=S)N[C@H](c3ccccn3)[C@H]2c2ccc(-c3ccc(Cl)c(Cl)c3)o2)cc1. The van der Waals surface area contributed by atoms with Crippen molar-refractivity contribution < 1.29 is 8.81 Å². The van der Waals surface area contributed by atoms with Crippen LogP contribution in [0.25, 0.3) is 11.3 Å². The summed E-state index contributed by atoms with van der Waals surface area (Å²) in [7, 11) is 0. The summed E-state index contributed by atoms with van der Waals surface area (Å²) in [5, 5.41) is 4.78. The number of nitrogens with zero attached hydrogens (tertiary/aromatic N) is 2. The molecule has 0 saturated carbocycles. The average Bonchev–Trinajstić information content (AvgIpc) is 3.41. The summed E-state index contributed by atoms with van der Waals surface area (Å²) in [4.78, 5) is 6.44. The molecule has 0 bridgehead atoms. The van der Waals surface area contributed by atoms with E-state index in [4.69, 9.17) is 39.8 Å². The Labute approximate surface area is 199 Å². The van der Waals surface area contributed by atoms with Gasteiger partial charge in [-0.25, -0.2) is 4.39 Å². The first-order valence-corrected chi connectivity index (χ1v) is 11.0. The van der Waals surface area contributed by atoms with Crippen LogP contribution in [0.1, 0.15) is 23.5 Å². The maximum absolute atomic E-state index is 13.6. The molecule has 160 valence electrons. The highest BCUT2D eigenvalue weighted by Crippen LogP contribution is 2.43. The van der Waals surface area contributed by atoms with Gasteiger partial charge >= 0.3 is 0 Å². The van der Waals surface area contributed by atoms with E-state index in [1.165, 1.54) is 12.1 Å². The van der Waals surface area contributed by atoms with Crippen LogP contribution in [0.3, 0.4) is 0 Å². The van der Waals surface area contributed by atoms with E-state index in [1.54, 1.807) is 30.5 Å². The second-order valence-electron chi connectivity index (χ2n) is 7.30. The van der Waals surface area contributed by atoms with Gasteiger partial charge in [0.2, 0.25) is 0 Å². The van der Waals surface area contributed by atoms with E-state index in [0.717, 1.165) is 16.9 Å². The molecule has 5 rings (SSSR count). The molecule has 0 spiro atoms. The third kappa shape index (κ3) is 3.86. The van der Waals surface area contributed by atoms with Gasteiger partial charge < -0.3 is 14.6 Å². The summed E-state index contributed by atoms with van der Waals surface area (Å²) in [5.74, 6) is 1.01. The molecule has 0 amide bonds. The van der Waals surface area contributed by atoms with Crippen molar-refractivity contribution in [2.24, 2.45) is 0 Å². The molecule has 1 N–H and O–H groups in total. The van der Waals surface area contributed by atoms with Crippen LogP contribution in [-0.2, 0) is 0 Å². The first-order valence-electron chi connectivity index (χ1n) is 9.82. The number of furan rings is 1. The van der Waals surface area contributed by atoms with Crippen LogP contribution in [0.2, 0.25) is 10.0 Å². The van der Waals surface area contributed by atoms with E-state index in [1.807, 2.05) is 41.3 Å². The van der Waals surface area contributed by atoms with Crippen molar-refractivity contribution in [3.63, 3.8) is 0 Å². The van der Waals surface area contributed by atoms with E-state index < -0.39 is 0 Å². The van der Waals surface area contributed by atoms with Gasteiger partial charge in [-0.2, -0.15) is 0 Å². The molecule has 1 aliphatic rings. The molecule has 1 aliphatic heterocycles. The summed E-state index contributed by atoms with van der Waals surface area (Å²) in [6, 6.07) is 20.5. The van der Waals surface area contributed by atoms with Crippen LogP contribution in [0.15, 0.2) is 83.4 Å². The predicted octanol–water partition coefficient (Wildman–Crippen LogP) is 6.96. The number of pyridine rings is 1. The Morgan fingerprint density at radius 2 is 1.78 bits per heavy atom. The number of aromatic nitrogens is 1. The number of benzene rings is 2. The topological polar surface area (TPSA) is 41.3 Å². The summed E-state index contributed by atoms with van der Waals surface area (Å²) >= 11 is 17.9. The van der Waals surface area contributed by atoms with Crippen molar-refractivity contribution in [3.05, 3.63) is 106 Å². The second-order valence-corrected chi connectivity index (χ2v) is 8.51. The third-order valence-electron chi connectivity index (χ3n) is 5.33. The van der Waals surface area contributed by atoms with Crippen LogP contribution in [0, 0.1) is 5.82 Å². The predicted molar refractivity (Wildman–Crippen MR) is 128 cm³/mol. The molecule has 2 atom stereocenters. The Morgan fingerprint density at radius 1 is 0.969 bits per heavy atom. The molecule has 4 nitrogen and oxygen atoms in total. The van der Waals surface area contributed by atoms with Gasteiger partial charge in [0.25, 0.3) is 0 Å². The van der Waals surface area contributed by atoms with Gasteiger partial charge in [-0.3, -0.25) is 4.98 Å². The van der Waals surface area contributed by atoms with Crippen molar-refractivity contribution >= 4 is 46.2 Å². The fraction of sp³-hybridized carbons (Fsp3) is 0.0833. The quantitative estimate of drug-likeness (QED) is 0.317. The molecule has 1 saturated heterocycles. The molecule has 3 heterocycles. The normalized spacial score (nSPS) is 18.1. The lowest BCUT2D eigenvalue weighted by Crippen LogP contribution is -2.29. The molecule has 8 heteroatoms. The smallest absolute Gasteiger partial charge is 0.174 e. The summed E-state index contributed by atoms with van der Waals surface area (Å²) in [6.45, 7) is 0. The van der Waals surface area contributed by atoms with Crippen LogP contribution in [-0.4, -0.2) is 10.1 Å². The van der Waals surface area contributed by atoms with Crippen molar-refractivity contribution in [2.75, 3.05) is 4.90 Å². The Balaban J connectivity index is 1.59. The van der Waals surface area contributed by atoms with E-state index in [9.17, 15) is 4.39 Å². The first kappa shape index (κ1) is 20.9. The van der Waals surface area contributed by atoms with E-state index in [-0.39, 0.29) is 17.9 Å². The molecular formula is C24H16Cl2FN3OS. The maximum atomic E-state index is 13.6. The largest absolute Gasteiger partial charge is 0.459 e. The maximum Gasteiger partial charge on any atom is 0.174 e. The highest BCUT2D eigenvalue weighted by atomic mass is 35.5. The highest BCUT2D eigenvalue weighted by Gasteiger charge is 2.42. The van der Waals surface area contributed by atoms with Gasteiger partial charge in [0.05, 0.1) is 21.8 Å². The van der Waals surface area contributed by atoms with Gasteiger partial charge in [0, 0.05) is 17.4 Å². The zero-order valence-electron chi connectivity index (χ0n) is 16.5. The van der Waals surface area contributed by atoms with Crippen LogP contribution < -0.4 is 10.2 Å². The van der Waals surface area contributed by atoms with Gasteiger partial charge in [0.1, 0.15) is 23.4 Å². The minimum atomic E-state index is -0.334. The summed E-state index contributed by atoms with van der Waals surface area (Å²) in [6.07, 6.45) is 1.74. The Hall–Kier alpha value is -2.93. The molecule has 1 fully saturated rings. The Morgan fingerprint density at radius 3 is 2.50 bits per heavy atom. The lowest BCUT2D eigenvalue weighted by molar-refractivity contribution is 0.439. The van der Waals surface area contributed by atoms with Gasteiger partial charge in [-0.1, -0.05) is 29.3 Å². The Bertz CT molecular complexity index is 1280. The molecule has 4 aromatic rings. The number of nitrogens with one attached hydrogen (secondary N) is 1. The van der Waals surface area contributed by atoms with Crippen LogP contribution in [0.5, 0.6) is 0 Å². The minimum absolute atomic E-state index is 0.262. The van der Waals surface area contributed by atoms with Crippen molar-refractivity contribution in [3.8, 4) is 11.3 Å². The van der Waals surface area contributed by atoms with E-state index in [0.29, 0.717) is 26.7 Å². The van der Waals surface area contributed by atoms with Crippen molar-refractivity contribution in [2.45, 2.75) is 12.1 Å². The van der Waals surface area contributed by atoms with Gasteiger partial charge in [-0.15, -0.1) is 0 Å². The standard InChI is InChI=1S/C24H16Cl2FN3OS/c25-17-9-4-14(13-18(17)26)20-10-11-21(31-20)23-22(19-3-1-2-12-28-19)29-24(32)30(23)16-7-5-15(27)6-8-16/h1-13,22-23H,(H,29,32)/t22-,23-/m1/s1. The molecule has 0 unspecified atom stereocenters. The summed E-state index contributed by atoms with van der Waals surface area (Å²) < 4.78 is 19.8. The van der Waals surface area contributed by atoms with Gasteiger partial charge in [0.15, 0.2) is 5.11 Å². The molecule has 32 heavy (non-hydrogen) atoms. The number of halogens is 3. The zero-order chi connectivity index (χ0) is 22.2. The van der Waals surface area contributed by atoms with Crippen molar-refractivity contribution in [1.82, 2.24) is 10.3 Å². The lowest BCUT2D eigenvalue weighted by Gasteiger charge is -2.26. The fourth-order valence-corrected chi connectivity index (χ4v) is 4.48. The van der Waals surface area contributed by atoms with E-state index >= 15 is 0 Å². The minimum Gasteiger partial charge on any atom is -0.459 e. The molecule has 0 aliphatic carbocycles. The number of hydrogen-bond acceptors (Lipinski definition) is 3. The zero-order valence-corrected chi connectivity index (χ0v) is 18.8. The molecular weight excluding hydrogens is 468 g/mol. The van der Waals surface area contributed by atoms with Gasteiger partial charge in [-0.05, 0) is 78.9 Å². The second kappa shape index (κ2) is 8.54. The lowest BCUT2D eigenvalue weighted by atomic mass is 10.0. The van der Waals surface area contributed by atoms with Crippen molar-refractivity contribution in [1.29, 1.82) is 0 Å². The molecule has 2 aromatic heterocycles. The van der Waals surface area contributed by atoms with E-state index in [2.05, 4.69) is 10.3 Å². The number of anilines is 1. The highest BCUT2D eigenvalue weighted by molar-refractivity contribution is 7.80. The molecule has 0 radical (unpaired) electrons. The Kier molecular flexibility index (Phi) is 5.59. The monoisotopic (exact) mass is 483 g/mol. The average molecular weight is 484 g/mol. The molecule has 2 aromatic carbocycles. The number of rotatable bonds is 4. The fourth-order valence-electron chi connectivity index (χ4n) is 3.84. The van der Waals surface area contributed by atoms with Crippen LogP contribution >= 0.6 is 35.4 Å². The van der Waals surface area contributed by atoms with Crippen LogP contribution in [0.4, 0.5) is 10.1 Å². The number of thiocarbonyl (C=S) groups is 1. The third-order valence-corrected chi connectivity index (χ3v) is 6.38. The number of hydrogen-bond donors (Lipinski definition) is 1. The summed E-state index contributed by atoms with van der Waals surface area (Å²) in [5.41, 5.74) is 2.37. The first-order chi connectivity index (χ1) is 15.5.